The first-order valence-corrected chi connectivity index (χ1v) is 4.44. The molecule has 0 unspecified atom stereocenters. The molecule has 0 radical (unpaired) electrons. The van der Waals surface area contributed by atoms with Crippen molar-refractivity contribution in [3.05, 3.63) is 23.3 Å². The SMILES string of the molecule is CC(C)c1c(N)cc(N)cc1CN. The van der Waals surface area contributed by atoms with Crippen molar-refractivity contribution in [1.82, 2.24) is 0 Å². The molecule has 0 aliphatic heterocycles. The molecular weight excluding hydrogens is 162 g/mol. The zero-order chi connectivity index (χ0) is 10.0. The molecule has 0 saturated heterocycles. The van der Waals surface area contributed by atoms with E-state index in [1.165, 1.54) is 0 Å². The lowest BCUT2D eigenvalue weighted by molar-refractivity contribution is 0.843. The van der Waals surface area contributed by atoms with Crippen LogP contribution in [0.3, 0.4) is 0 Å². The van der Waals surface area contributed by atoms with Gasteiger partial charge in [0.05, 0.1) is 0 Å². The van der Waals surface area contributed by atoms with Gasteiger partial charge in [0.25, 0.3) is 0 Å². The van der Waals surface area contributed by atoms with Crippen LogP contribution in [0.25, 0.3) is 0 Å². The molecular formula is C10H17N3. The molecule has 0 aliphatic carbocycles. The molecule has 0 aliphatic rings. The zero-order valence-electron chi connectivity index (χ0n) is 8.17. The third-order valence-corrected chi connectivity index (χ3v) is 2.12. The Morgan fingerprint density at radius 1 is 1.23 bits per heavy atom. The van der Waals surface area contributed by atoms with Crippen LogP contribution < -0.4 is 17.2 Å². The van der Waals surface area contributed by atoms with E-state index in [-0.39, 0.29) is 0 Å². The molecule has 0 amide bonds. The smallest absolute Gasteiger partial charge is 0.0373 e. The monoisotopic (exact) mass is 179 g/mol. The van der Waals surface area contributed by atoms with Gasteiger partial charge in [-0.25, -0.2) is 0 Å². The number of hydrogen-bond donors (Lipinski definition) is 3. The first-order valence-electron chi connectivity index (χ1n) is 4.44. The lowest BCUT2D eigenvalue weighted by Gasteiger charge is -2.15. The molecule has 72 valence electrons. The quantitative estimate of drug-likeness (QED) is 0.601. The summed E-state index contributed by atoms with van der Waals surface area (Å²) >= 11 is 0. The van der Waals surface area contributed by atoms with E-state index in [9.17, 15) is 0 Å². The maximum Gasteiger partial charge on any atom is 0.0373 e. The fourth-order valence-electron chi connectivity index (χ4n) is 1.64. The van der Waals surface area contributed by atoms with Gasteiger partial charge in [-0.2, -0.15) is 0 Å². The van der Waals surface area contributed by atoms with Crippen LogP contribution in [0.5, 0.6) is 0 Å². The fraction of sp³-hybridized carbons (Fsp3) is 0.400. The molecule has 0 fully saturated rings. The number of nitrogens with two attached hydrogens (primary N) is 3. The van der Waals surface area contributed by atoms with Crippen LogP contribution in [0.15, 0.2) is 12.1 Å². The summed E-state index contributed by atoms with van der Waals surface area (Å²) in [6.07, 6.45) is 0. The van der Waals surface area contributed by atoms with Crippen LogP contribution in [-0.4, -0.2) is 0 Å². The minimum atomic E-state index is 0.388. The Kier molecular flexibility index (Phi) is 2.78. The van der Waals surface area contributed by atoms with Gasteiger partial charge in [0.1, 0.15) is 0 Å². The predicted octanol–water partition coefficient (Wildman–Crippen LogP) is 1.43. The number of rotatable bonds is 2. The second-order valence-corrected chi connectivity index (χ2v) is 3.54. The second-order valence-electron chi connectivity index (χ2n) is 3.54. The molecule has 0 atom stereocenters. The molecule has 6 N–H and O–H groups in total. The maximum atomic E-state index is 5.86. The van der Waals surface area contributed by atoms with Crippen molar-refractivity contribution in [1.29, 1.82) is 0 Å². The third-order valence-electron chi connectivity index (χ3n) is 2.12. The van der Waals surface area contributed by atoms with Gasteiger partial charge in [0.15, 0.2) is 0 Å². The van der Waals surface area contributed by atoms with Crippen molar-refractivity contribution in [2.75, 3.05) is 11.5 Å². The second kappa shape index (κ2) is 3.66. The van der Waals surface area contributed by atoms with E-state index in [2.05, 4.69) is 13.8 Å². The third kappa shape index (κ3) is 1.92. The minimum Gasteiger partial charge on any atom is -0.399 e. The summed E-state index contributed by atoms with van der Waals surface area (Å²) < 4.78 is 0. The molecule has 1 aromatic rings. The van der Waals surface area contributed by atoms with Gasteiger partial charge in [0.2, 0.25) is 0 Å². The lowest BCUT2D eigenvalue weighted by Crippen LogP contribution is -2.07. The molecule has 0 saturated carbocycles. The van der Waals surface area contributed by atoms with E-state index in [4.69, 9.17) is 17.2 Å². The van der Waals surface area contributed by atoms with Crippen LogP contribution >= 0.6 is 0 Å². The summed E-state index contributed by atoms with van der Waals surface area (Å²) in [4.78, 5) is 0. The Bertz CT molecular complexity index is 305. The largest absolute Gasteiger partial charge is 0.399 e. The standard InChI is InChI=1S/C10H17N3/c1-6(2)10-7(5-11)3-8(12)4-9(10)13/h3-4,6H,5,11-13H2,1-2H3. The number of hydrogen-bond acceptors (Lipinski definition) is 3. The van der Waals surface area contributed by atoms with E-state index < -0.39 is 0 Å². The van der Waals surface area contributed by atoms with Crippen molar-refractivity contribution >= 4 is 11.4 Å². The van der Waals surface area contributed by atoms with Crippen molar-refractivity contribution in [3.8, 4) is 0 Å². The van der Waals surface area contributed by atoms with E-state index in [1.54, 1.807) is 6.07 Å². The highest BCUT2D eigenvalue weighted by Crippen LogP contribution is 2.28. The van der Waals surface area contributed by atoms with Crippen LogP contribution in [0.2, 0.25) is 0 Å². The average molecular weight is 179 g/mol. The van der Waals surface area contributed by atoms with Crippen molar-refractivity contribution in [2.24, 2.45) is 5.73 Å². The Balaban J connectivity index is 3.30. The molecule has 3 heteroatoms. The van der Waals surface area contributed by atoms with Gasteiger partial charge in [0, 0.05) is 17.9 Å². The zero-order valence-corrected chi connectivity index (χ0v) is 8.17. The van der Waals surface area contributed by atoms with Gasteiger partial charge in [-0.1, -0.05) is 13.8 Å². The van der Waals surface area contributed by atoms with Crippen LogP contribution in [0, 0.1) is 0 Å². The van der Waals surface area contributed by atoms with Gasteiger partial charge >= 0.3 is 0 Å². The molecule has 1 aromatic carbocycles. The highest BCUT2D eigenvalue weighted by Gasteiger charge is 2.09. The molecule has 1 rings (SSSR count). The Morgan fingerprint density at radius 3 is 2.31 bits per heavy atom. The van der Waals surface area contributed by atoms with Crippen LogP contribution in [0.4, 0.5) is 11.4 Å². The predicted molar refractivity (Wildman–Crippen MR) is 57.2 cm³/mol. The average Bonchev–Trinajstić information content (AvgIpc) is 2.01. The lowest BCUT2D eigenvalue weighted by atomic mass is 9.95. The van der Waals surface area contributed by atoms with E-state index >= 15 is 0 Å². The minimum absolute atomic E-state index is 0.388. The Hall–Kier alpha value is -1.22. The first-order chi connectivity index (χ1) is 6.06. The van der Waals surface area contributed by atoms with E-state index in [1.807, 2.05) is 6.07 Å². The van der Waals surface area contributed by atoms with Crippen molar-refractivity contribution in [2.45, 2.75) is 26.3 Å². The molecule has 13 heavy (non-hydrogen) atoms. The summed E-state index contributed by atoms with van der Waals surface area (Å²) in [7, 11) is 0. The fourth-order valence-corrected chi connectivity index (χ4v) is 1.64. The molecule has 0 spiro atoms. The number of benzene rings is 1. The molecule has 0 bridgehead atoms. The highest BCUT2D eigenvalue weighted by molar-refractivity contribution is 5.61. The normalized spacial score (nSPS) is 10.8. The van der Waals surface area contributed by atoms with Gasteiger partial charge in [-0.15, -0.1) is 0 Å². The highest BCUT2D eigenvalue weighted by atomic mass is 14.6. The summed E-state index contributed by atoms with van der Waals surface area (Å²) in [5.74, 6) is 0.388. The maximum absolute atomic E-state index is 5.86. The summed E-state index contributed by atoms with van der Waals surface area (Å²) in [6.45, 7) is 4.69. The molecule has 3 nitrogen and oxygen atoms in total. The van der Waals surface area contributed by atoms with Gasteiger partial charge in [-0.3, -0.25) is 0 Å². The number of anilines is 2. The van der Waals surface area contributed by atoms with Crippen LogP contribution in [-0.2, 0) is 6.54 Å². The number of nitrogen functional groups attached to an aromatic ring is 2. The summed E-state index contributed by atoms with van der Waals surface area (Å²) in [6, 6.07) is 3.68. The summed E-state index contributed by atoms with van der Waals surface area (Å²) in [5.41, 5.74) is 20.7. The Morgan fingerprint density at radius 2 is 1.85 bits per heavy atom. The van der Waals surface area contributed by atoms with Crippen molar-refractivity contribution in [3.63, 3.8) is 0 Å². The topological polar surface area (TPSA) is 78.1 Å². The molecule has 0 heterocycles. The molecule has 0 aromatic heterocycles. The van der Waals surface area contributed by atoms with Crippen molar-refractivity contribution < 1.29 is 0 Å². The van der Waals surface area contributed by atoms with Gasteiger partial charge in [-0.05, 0) is 29.2 Å². The van der Waals surface area contributed by atoms with Crippen LogP contribution in [0.1, 0.15) is 30.9 Å². The van der Waals surface area contributed by atoms with E-state index in [0.29, 0.717) is 18.2 Å². The Labute approximate surface area is 78.9 Å². The first kappa shape index (κ1) is 9.86. The van der Waals surface area contributed by atoms with E-state index in [0.717, 1.165) is 16.8 Å². The van der Waals surface area contributed by atoms with Gasteiger partial charge < -0.3 is 17.2 Å². The summed E-state index contributed by atoms with van der Waals surface area (Å²) in [5, 5.41) is 0.